The number of aliphatic hydroxyl groups excluding tert-OH is 1. The molecule has 1 unspecified atom stereocenters. The average Bonchev–Trinajstić information content (AvgIpc) is 2.36. The van der Waals surface area contributed by atoms with E-state index in [1.165, 1.54) is 0 Å². The first-order valence-corrected chi connectivity index (χ1v) is 7.06. The molecule has 0 fully saturated rings. The third-order valence-corrected chi connectivity index (χ3v) is 3.34. The van der Waals surface area contributed by atoms with E-state index in [1.54, 1.807) is 24.3 Å². The number of amides is 1. The van der Waals surface area contributed by atoms with Crippen LogP contribution in [-0.4, -0.2) is 24.2 Å². The van der Waals surface area contributed by atoms with Crippen LogP contribution in [0.25, 0.3) is 0 Å². The predicted octanol–water partition coefficient (Wildman–Crippen LogP) is 3.11. The van der Waals surface area contributed by atoms with E-state index in [1.807, 2.05) is 0 Å². The normalized spacial score (nSPS) is 12.5. The van der Waals surface area contributed by atoms with Crippen LogP contribution in [0, 0.1) is 11.8 Å². The highest BCUT2D eigenvalue weighted by molar-refractivity contribution is 6.33. The fraction of sp³-hybridized carbons (Fsp3) is 0.533. The lowest BCUT2D eigenvalue weighted by Crippen LogP contribution is -2.30. The number of halogens is 1. The minimum absolute atomic E-state index is 0.152. The van der Waals surface area contributed by atoms with Gasteiger partial charge in [-0.25, -0.2) is 0 Å². The molecule has 0 aliphatic carbocycles. The highest BCUT2D eigenvalue weighted by Gasteiger charge is 2.14. The smallest absolute Gasteiger partial charge is 0.252 e. The third-order valence-electron chi connectivity index (χ3n) is 3.01. The van der Waals surface area contributed by atoms with Crippen LogP contribution in [0.3, 0.4) is 0 Å². The van der Waals surface area contributed by atoms with Crippen molar-refractivity contribution in [3.05, 3.63) is 34.9 Å². The Hall–Kier alpha value is -1.06. The fourth-order valence-electron chi connectivity index (χ4n) is 2.13. The third kappa shape index (κ3) is 5.62. The Morgan fingerprint density at radius 1 is 1.37 bits per heavy atom. The van der Waals surface area contributed by atoms with Gasteiger partial charge in [0.15, 0.2) is 0 Å². The molecule has 106 valence electrons. The van der Waals surface area contributed by atoms with Crippen LogP contribution in [0.5, 0.6) is 0 Å². The van der Waals surface area contributed by atoms with E-state index in [2.05, 4.69) is 19.2 Å². The lowest BCUT2D eigenvalue weighted by molar-refractivity contribution is 0.0941. The van der Waals surface area contributed by atoms with Gasteiger partial charge < -0.3 is 10.4 Å². The Kier molecular flexibility index (Phi) is 6.89. The fourth-order valence-corrected chi connectivity index (χ4v) is 2.35. The van der Waals surface area contributed by atoms with Gasteiger partial charge in [-0.2, -0.15) is 0 Å². The lowest BCUT2D eigenvalue weighted by atomic mass is 9.94. The minimum Gasteiger partial charge on any atom is -0.396 e. The predicted molar refractivity (Wildman–Crippen MR) is 78.4 cm³/mol. The molecule has 19 heavy (non-hydrogen) atoms. The summed E-state index contributed by atoms with van der Waals surface area (Å²) in [4.78, 5) is 12.0. The molecule has 4 heteroatoms. The summed E-state index contributed by atoms with van der Waals surface area (Å²) < 4.78 is 0. The molecule has 0 heterocycles. The Morgan fingerprint density at radius 3 is 2.63 bits per heavy atom. The molecular formula is C15H22ClNO2. The number of aliphatic hydroxyl groups is 1. The van der Waals surface area contributed by atoms with Crippen LogP contribution >= 0.6 is 11.6 Å². The standard InChI is InChI=1S/C15H22ClNO2/c1-11(2)9-12(7-8-18)10-17-15(19)13-5-3-4-6-14(13)16/h3-6,11-12,18H,7-10H2,1-2H3,(H,17,19). The number of hydrogen-bond donors (Lipinski definition) is 2. The van der Waals surface area contributed by atoms with Gasteiger partial charge >= 0.3 is 0 Å². The second-order valence-corrected chi connectivity index (χ2v) is 5.60. The number of nitrogens with one attached hydrogen (secondary N) is 1. The molecule has 3 nitrogen and oxygen atoms in total. The topological polar surface area (TPSA) is 49.3 Å². The second kappa shape index (κ2) is 8.18. The molecule has 1 aromatic carbocycles. The highest BCUT2D eigenvalue weighted by Crippen LogP contribution is 2.16. The molecule has 0 bridgehead atoms. The van der Waals surface area contributed by atoms with E-state index < -0.39 is 0 Å². The SMILES string of the molecule is CC(C)CC(CCO)CNC(=O)c1ccccc1Cl. The van der Waals surface area contributed by atoms with Crippen molar-refractivity contribution in [3.8, 4) is 0 Å². The van der Waals surface area contributed by atoms with Crippen LogP contribution in [-0.2, 0) is 0 Å². The van der Waals surface area contributed by atoms with Crippen molar-refractivity contribution < 1.29 is 9.90 Å². The first kappa shape index (κ1) is 16.0. The molecule has 1 amide bonds. The zero-order valence-electron chi connectivity index (χ0n) is 11.5. The maximum absolute atomic E-state index is 12.0. The van der Waals surface area contributed by atoms with Crippen molar-refractivity contribution in [2.24, 2.45) is 11.8 Å². The zero-order valence-corrected chi connectivity index (χ0v) is 12.3. The lowest BCUT2D eigenvalue weighted by Gasteiger charge is -2.18. The van der Waals surface area contributed by atoms with Crippen molar-refractivity contribution in [1.82, 2.24) is 5.32 Å². The quantitative estimate of drug-likeness (QED) is 0.808. The summed E-state index contributed by atoms with van der Waals surface area (Å²) in [6.45, 7) is 5.00. The molecule has 0 aromatic heterocycles. The molecular weight excluding hydrogens is 262 g/mol. The van der Waals surface area contributed by atoms with Crippen molar-refractivity contribution in [1.29, 1.82) is 0 Å². The molecule has 0 saturated carbocycles. The first-order valence-electron chi connectivity index (χ1n) is 6.68. The van der Waals surface area contributed by atoms with E-state index in [4.69, 9.17) is 16.7 Å². The van der Waals surface area contributed by atoms with Gasteiger partial charge in [-0.3, -0.25) is 4.79 Å². The highest BCUT2D eigenvalue weighted by atomic mass is 35.5. The summed E-state index contributed by atoms with van der Waals surface area (Å²) in [5.74, 6) is 0.697. The molecule has 1 aromatic rings. The van der Waals surface area contributed by atoms with Crippen molar-refractivity contribution in [2.45, 2.75) is 26.7 Å². The molecule has 0 radical (unpaired) electrons. The average molecular weight is 284 g/mol. The van der Waals surface area contributed by atoms with E-state index >= 15 is 0 Å². The molecule has 0 aliphatic rings. The van der Waals surface area contributed by atoms with Crippen molar-refractivity contribution in [3.63, 3.8) is 0 Å². The van der Waals surface area contributed by atoms with Crippen LogP contribution in [0.4, 0.5) is 0 Å². The summed E-state index contributed by atoms with van der Waals surface area (Å²) in [6, 6.07) is 7.00. The molecule has 1 rings (SSSR count). The largest absolute Gasteiger partial charge is 0.396 e. The van der Waals surface area contributed by atoms with Crippen molar-refractivity contribution >= 4 is 17.5 Å². The summed E-state index contributed by atoms with van der Waals surface area (Å²) in [6.07, 6.45) is 1.70. The van der Waals surface area contributed by atoms with Gasteiger partial charge in [-0.05, 0) is 36.8 Å². The van der Waals surface area contributed by atoms with Crippen LogP contribution in [0.15, 0.2) is 24.3 Å². The summed E-state index contributed by atoms with van der Waals surface area (Å²) >= 11 is 5.98. The van der Waals surface area contributed by atoms with Gasteiger partial charge in [0.25, 0.3) is 5.91 Å². The van der Waals surface area contributed by atoms with E-state index in [0.29, 0.717) is 35.4 Å². The van der Waals surface area contributed by atoms with Crippen LogP contribution in [0.2, 0.25) is 5.02 Å². The van der Waals surface area contributed by atoms with Gasteiger partial charge in [-0.15, -0.1) is 0 Å². The maximum atomic E-state index is 12.0. The monoisotopic (exact) mass is 283 g/mol. The molecule has 1 atom stereocenters. The molecule has 0 saturated heterocycles. The maximum Gasteiger partial charge on any atom is 0.252 e. The number of benzene rings is 1. The zero-order chi connectivity index (χ0) is 14.3. The number of carbonyl (C=O) groups excluding carboxylic acids is 1. The van der Waals surface area contributed by atoms with Crippen LogP contribution in [0.1, 0.15) is 37.0 Å². The minimum atomic E-state index is -0.155. The molecule has 0 spiro atoms. The number of hydrogen-bond acceptors (Lipinski definition) is 2. The van der Waals surface area contributed by atoms with E-state index in [9.17, 15) is 4.79 Å². The second-order valence-electron chi connectivity index (χ2n) is 5.20. The molecule has 0 aliphatic heterocycles. The summed E-state index contributed by atoms with van der Waals surface area (Å²) in [5.41, 5.74) is 0.497. The van der Waals surface area contributed by atoms with Gasteiger partial charge in [0.1, 0.15) is 0 Å². The first-order chi connectivity index (χ1) is 9.04. The van der Waals surface area contributed by atoms with Gasteiger partial charge in [0.2, 0.25) is 0 Å². The Balaban J connectivity index is 2.54. The molecule has 2 N–H and O–H groups in total. The van der Waals surface area contributed by atoms with E-state index in [-0.39, 0.29) is 12.5 Å². The van der Waals surface area contributed by atoms with Gasteiger partial charge in [0, 0.05) is 13.2 Å². The Morgan fingerprint density at radius 2 is 2.05 bits per heavy atom. The Labute approximate surface area is 120 Å². The van der Waals surface area contributed by atoms with E-state index in [0.717, 1.165) is 6.42 Å². The summed E-state index contributed by atoms with van der Waals surface area (Å²) in [7, 11) is 0. The number of rotatable bonds is 7. The summed E-state index contributed by atoms with van der Waals surface area (Å²) in [5, 5.41) is 12.4. The van der Waals surface area contributed by atoms with Gasteiger partial charge in [-0.1, -0.05) is 37.6 Å². The van der Waals surface area contributed by atoms with Gasteiger partial charge in [0.05, 0.1) is 10.6 Å². The number of carbonyl (C=O) groups is 1. The van der Waals surface area contributed by atoms with Crippen LogP contribution < -0.4 is 5.32 Å². The van der Waals surface area contributed by atoms with Crippen molar-refractivity contribution in [2.75, 3.05) is 13.2 Å². The Bertz CT molecular complexity index is 407.